The third kappa shape index (κ3) is 4.13. The van der Waals surface area contributed by atoms with E-state index in [1.165, 1.54) is 9.75 Å². The number of carbonyl (C=O) groups is 1. The van der Waals surface area contributed by atoms with E-state index in [-0.39, 0.29) is 12.0 Å². The first-order chi connectivity index (χ1) is 10.7. The van der Waals surface area contributed by atoms with Gasteiger partial charge in [0.2, 0.25) is 5.91 Å². The van der Waals surface area contributed by atoms with E-state index < -0.39 is 0 Å². The van der Waals surface area contributed by atoms with Crippen molar-refractivity contribution in [2.75, 3.05) is 26.2 Å². The highest BCUT2D eigenvalue weighted by Gasteiger charge is 2.24. The lowest BCUT2D eigenvalue weighted by molar-refractivity contribution is -0.124. The second-order valence-electron chi connectivity index (χ2n) is 5.25. The van der Waals surface area contributed by atoms with Crippen LogP contribution in [0.1, 0.15) is 20.9 Å². The molecule has 2 aromatic heterocycles. The molecule has 1 atom stereocenters. The molecule has 1 unspecified atom stereocenters. The van der Waals surface area contributed by atoms with Crippen LogP contribution in [-0.4, -0.2) is 42.0 Å². The first-order valence-corrected chi connectivity index (χ1v) is 8.95. The number of nitrogens with zero attached hydrogens (tertiary/aromatic N) is 2. The fourth-order valence-electron chi connectivity index (χ4n) is 2.41. The Morgan fingerprint density at radius 2 is 2.45 bits per heavy atom. The van der Waals surface area contributed by atoms with Crippen molar-refractivity contribution in [2.45, 2.75) is 19.6 Å². The molecule has 1 amide bonds. The molecular weight excluding hydrogens is 318 g/mol. The van der Waals surface area contributed by atoms with Gasteiger partial charge in [-0.3, -0.25) is 9.69 Å². The molecule has 22 heavy (non-hydrogen) atoms. The lowest BCUT2D eigenvalue weighted by atomic mass is 10.2. The lowest BCUT2D eigenvalue weighted by Crippen LogP contribution is -2.44. The van der Waals surface area contributed by atoms with Crippen LogP contribution in [0, 0.1) is 6.92 Å². The molecule has 0 bridgehead atoms. The summed E-state index contributed by atoms with van der Waals surface area (Å²) in [5.74, 6) is 0.0610. The summed E-state index contributed by atoms with van der Waals surface area (Å²) in [4.78, 5) is 21.0. The maximum Gasteiger partial charge on any atom is 0.234 e. The predicted molar refractivity (Wildman–Crippen MR) is 88.1 cm³/mol. The third-order valence-electron chi connectivity index (χ3n) is 3.50. The number of aryl methyl sites for hydroxylation is 1. The second kappa shape index (κ2) is 7.32. The minimum atomic E-state index is -0.0125. The molecule has 0 aliphatic carbocycles. The molecule has 0 radical (unpaired) electrons. The van der Waals surface area contributed by atoms with Crippen molar-refractivity contribution in [1.82, 2.24) is 15.2 Å². The van der Waals surface area contributed by atoms with Crippen molar-refractivity contribution in [2.24, 2.45) is 0 Å². The van der Waals surface area contributed by atoms with E-state index in [0.29, 0.717) is 19.7 Å². The van der Waals surface area contributed by atoms with Crippen molar-refractivity contribution < 1.29 is 9.53 Å². The third-order valence-corrected chi connectivity index (χ3v) is 5.37. The fourth-order valence-corrected chi connectivity index (χ4v) is 3.92. The molecule has 0 aromatic carbocycles. The van der Waals surface area contributed by atoms with Crippen LogP contribution < -0.4 is 5.32 Å². The monoisotopic (exact) mass is 337 g/mol. The quantitative estimate of drug-likeness (QED) is 0.909. The molecule has 3 rings (SSSR count). The second-order valence-corrected chi connectivity index (χ2v) is 7.55. The van der Waals surface area contributed by atoms with Gasteiger partial charge in [-0.2, -0.15) is 0 Å². The number of amides is 1. The summed E-state index contributed by atoms with van der Waals surface area (Å²) in [6.07, 6.45) is 1.78. The van der Waals surface area contributed by atoms with Gasteiger partial charge in [-0.1, -0.05) is 0 Å². The largest absolute Gasteiger partial charge is 0.368 e. The number of rotatable bonds is 5. The van der Waals surface area contributed by atoms with Gasteiger partial charge in [0.25, 0.3) is 0 Å². The number of aromatic nitrogens is 1. The Balaban J connectivity index is 1.46. The Bertz CT molecular complexity index is 612. The molecule has 1 saturated heterocycles. The highest BCUT2D eigenvalue weighted by molar-refractivity contribution is 7.11. The number of nitrogens with one attached hydrogen (secondary N) is 1. The maximum atomic E-state index is 12.1. The van der Waals surface area contributed by atoms with Crippen molar-refractivity contribution in [3.63, 3.8) is 0 Å². The molecule has 0 saturated carbocycles. The highest BCUT2D eigenvalue weighted by atomic mass is 32.1. The number of carbonyl (C=O) groups excluding carboxylic acids is 1. The number of hydrogen-bond acceptors (Lipinski definition) is 6. The summed E-state index contributed by atoms with van der Waals surface area (Å²) in [6, 6.07) is 4.14. The molecule has 3 heterocycles. The number of thiazole rings is 1. The van der Waals surface area contributed by atoms with Crippen LogP contribution in [0.15, 0.2) is 23.7 Å². The Labute approximate surface area is 137 Å². The zero-order chi connectivity index (χ0) is 15.4. The van der Waals surface area contributed by atoms with Crippen molar-refractivity contribution in [3.05, 3.63) is 38.5 Å². The highest BCUT2D eigenvalue weighted by Crippen LogP contribution is 2.23. The molecular formula is C15H19N3O2S2. The van der Waals surface area contributed by atoms with E-state index in [4.69, 9.17) is 4.74 Å². The average molecular weight is 337 g/mol. The van der Waals surface area contributed by atoms with E-state index in [1.54, 1.807) is 28.9 Å². The number of thiophene rings is 1. The zero-order valence-corrected chi connectivity index (χ0v) is 14.1. The van der Waals surface area contributed by atoms with Gasteiger partial charge in [0.05, 0.1) is 19.7 Å². The molecule has 7 heteroatoms. The molecule has 1 N–H and O–H groups in total. The summed E-state index contributed by atoms with van der Waals surface area (Å²) < 4.78 is 5.74. The smallest absolute Gasteiger partial charge is 0.234 e. The van der Waals surface area contributed by atoms with Gasteiger partial charge in [0.15, 0.2) is 0 Å². The van der Waals surface area contributed by atoms with Crippen LogP contribution in [-0.2, 0) is 16.1 Å². The van der Waals surface area contributed by atoms with Gasteiger partial charge in [-0.15, -0.1) is 22.7 Å². The first kappa shape index (κ1) is 15.6. The maximum absolute atomic E-state index is 12.1. The van der Waals surface area contributed by atoms with Gasteiger partial charge >= 0.3 is 0 Å². The standard InChI is InChI=1S/C15H19N3O2S2/c1-11-2-3-12(22-11)8-17-14(19)10-18-5-6-20-13(9-18)15-16-4-7-21-15/h2-4,7,13H,5-6,8-10H2,1H3,(H,17,19). The summed E-state index contributed by atoms with van der Waals surface area (Å²) >= 11 is 3.32. The van der Waals surface area contributed by atoms with E-state index >= 15 is 0 Å². The minimum Gasteiger partial charge on any atom is -0.368 e. The van der Waals surface area contributed by atoms with E-state index in [9.17, 15) is 4.79 Å². The number of morpholine rings is 1. The lowest BCUT2D eigenvalue weighted by Gasteiger charge is -2.31. The molecule has 1 fully saturated rings. The van der Waals surface area contributed by atoms with Gasteiger partial charge < -0.3 is 10.1 Å². The summed E-state index contributed by atoms with van der Waals surface area (Å²) in [5, 5.41) is 5.92. The number of hydrogen-bond donors (Lipinski definition) is 1. The molecule has 2 aromatic rings. The van der Waals surface area contributed by atoms with Gasteiger partial charge in [0, 0.05) is 34.4 Å². The Morgan fingerprint density at radius 3 is 3.18 bits per heavy atom. The molecule has 1 aliphatic heterocycles. The summed E-state index contributed by atoms with van der Waals surface area (Å²) in [5.41, 5.74) is 0. The van der Waals surface area contributed by atoms with Crippen LogP contribution in [0.2, 0.25) is 0 Å². The van der Waals surface area contributed by atoms with E-state index in [2.05, 4.69) is 34.3 Å². The van der Waals surface area contributed by atoms with Crippen LogP contribution >= 0.6 is 22.7 Å². The van der Waals surface area contributed by atoms with Crippen molar-refractivity contribution >= 4 is 28.6 Å². The molecule has 5 nitrogen and oxygen atoms in total. The van der Waals surface area contributed by atoms with Crippen LogP contribution in [0.25, 0.3) is 0 Å². The Hall–Kier alpha value is -1.28. The van der Waals surface area contributed by atoms with Crippen LogP contribution in [0.4, 0.5) is 0 Å². The topological polar surface area (TPSA) is 54.5 Å². The van der Waals surface area contributed by atoms with E-state index in [1.807, 2.05) is 5.38 Å². The zero-order valence-electron chi connectivity index (χ0n) is 12.4. The van der Waals surface area contributed by atoms with Crippen molar-refractivity contribution in [3.8, 4) is 0 Å². The van der Waals surface area contributed by atoms with Gasteiger partial charge in [0.1, 0.15) is 11.1 Å². The first-order valence-electron chi connectivity index (χ1n) is 7.26. The fraction of sp³-hybridized carbons (Fsp3) is 0.467. The van der Waals surface area contributed by atoms with Crippen molar-refractivity contribution in [1.29, 1.82) is 0 Å². The molecule has 0 spiro atoms. The SMILES string of the molecule is Cc1ccc(CNC(=O)CN2CCOC(c3nccs3)C2)s1. The summed E-state index contributed by atoms with van der Waals surface area (Å²) in [7, 11) is 0. The normalized spacial score (nSPS) is 19.2. The molecule has 118 valence electrons. The van der Waals surface area contributed by atoms with Crippen LogP contribution in [0.3, 0.4) is 0 Å². The summed E-state index contributed by atoms with van der Waals surface area (Å²) in [6.45, 7) is 5.24. The Kier molecular flexibility index (Phi) is 5.20. The van der Waals surface area contributed by atoms with E-state index in [0.717, 1.165) is 18.1 Å². The minimum absolute atomic E-state index is 0.0125. The van der Waals surface area contributed by atoms with Gasteiger partial charge in [-0.05, 0) is 19.1 Å². The van der Waals surface area contributed by atoms with Crippen LogP contribution in [0.5, 0.6) is 0 Å². The number of ether oxygens (including phenoxy) is 1. The Morgan fingerprint density at radius 1 is 1.55 bits per heavy atom. The predicted octanol–water partition coefficient (Wildman–Crippen LogP) is 2.20. The molecule has 1 aliphatic rings. The average Bonchev–Trinajstić information content (AvgIpc) is 3.17. The van der Waals surface area contributed by atoms with Gasteiger partial charge in [-0.25, -0.2) is 4.98 Å².